The van der Waals surface area contributed by atoms with Gasteiger partial charge in [0.2, 0.25) is 0 Å². The molecule has 0 amide bonds. The summed E-state index contributed by atoms with van der Waals surface area (Å²) in [4.78, 5) is 21.0. The van der Waals surface area contributed by atoms with Gasteiger partial charge in [0.05, 0.1) is 17.1 Å². The summed E-state index contributed by atoms with van der Waals surface area (Å²) in [5.74, 6) is 0.753. The highest BCUT2D eigenvalue weighted by atomic mass is 16.6. The maximum atomic E-state index is 10.9. The van der Waals surface area contributed by atoms with Crippen LogP contribution in [0.3, 0.4) is 0 Å². The van der Waals surface area contributed by atoms with Crippen molar-refractivity contribution >= 4 is 12.0 Å². The van der Waals surface area contributed by atoms with E-state index in [9.17, 15) is 14.9 Å². The smallest absolute Gasteiger partial charge is 0.270 e. The summed E-state index contributed by atoms with van der Waals surface area (Å²) in [7, 11) is 0. The van der Waals surface area contributed by atoms with E-state index in [2.05, 4.69) is 0 Å². The first kappa shape index (κ1) is 13.2. The Bertz CT molecular complexity index is 440. The molecule has 1 aromatic carbocycles. The Labute approximate surface area is 99.5 Å². The van der Waals surface area contributed by atoms with Gasteiger partial charge in [0.15, 0.2) is 6.29 Å². The van der Waals surface area contributed by atoms with Crippen molar-refractivity contribution in [3.05, 3.63) is 33.4 Å². The van der Waals surface area contributed by atoms with E-state index in [4.69, 9.17) is 4.74 Å². The number of aryl methyl sites for hydroxylation is 1. The van der Waals surface area contributed by atoms with Crippen molar-refractivity contribution in [3.63, 3.8) is 0 Å². The van der Waals surface area contributed by atoms with Crippen LogP contribution >= 0.6 is 0 Å². The molecule has 0 aliphatic rings. The van der Waals surface area contributed by atoms with Crippen LogP contribution in [0.5, 0.6) is 5.75 Å². The molecule has 5 heteroatoms. The minimum atomic E-state index is -0.522. The number of nitro benzene ring substituents is 1. The molecule has 0 aliphatic heterocycles. The third-order valence-electron chi connectivity index (χ3n) is 2.19. The average molecular weight is 237 g/mol. The highest BCUT2D eigenvalue weighted by Crippen LogP contribution is 2.28. The molecule has 0 spiro atoms. The Morgan fingerprint density at radius 2 is 2.12 bits per heavy atom. The normalized spacial score (nSPS) is 10.4. The van der Waals surface area contributed by atoms with E-state index in [-0.39, 0.29) is 11.3 Å². The topological polar surface area (TPSA) is 69.4 Å². The largest absolute Gasteiger partial charge is 0.492 e. The van der Waals surface area contributed by atoms with Gasteiger partial charge in [0.1, 0.15) is 5.75 Å². The van der Waals surface area contributed by atoms with Crippen LogP contribution in [0.25, 0.3) is 0 Å². The van der Waals surface area contributed by atoms with Crippen molar-refractivity contribution in [2.75, 3.05) is 6.61 Å². The second kappa shape index (κ2) is 5.43. The van der Waals surface area contributed by atoms with Crippen molar-refractivity contribution in [2.45, 2.75) is 20.8 Å². The maximum Gasteiger partial charge on any atom is 0.270 e. The standard InChI is InChI=1S/C12H15NO4/c1-8(2)7-17-12-9(3)4-11(13(15)16)5-10(12)6-14/h4-6,8H,7H2,1-3H3. The summed E-state index contributed by atoms with van der Waals surface area (Å²) in [6.45, 7) is 6.14. The van der Waals surface area contributed by atoms with E-state index in [0.717, 1.165) is 0 Å². The molecule has 0 heterocycles. The van der Waals surface area contributed by atoms with Crippen LogP contribution in [-0.2, 0) is 0 Å². The van der Waals surface area contributed by atoms with Crippen LogP contribution in [0.1, 0.15) is 29.8 Å². The number of hydrogen-bond donors (Lipinski definition) is 0. The molecule has 0 N–H and O–H groups in total. The molecule has 0 unspecified atom stereocenters. The van der Waals surface area contributed by atoms with E-state index in [1.165, 1.54) is 12.1 Å². The van der Waals surface area contributed by atoms with Gasteiger partial charge >= 0.3 is 0 Å². The molecule has 0 atom stereocenters. The van der Waals surface area contributed by atoms with Gasteiger partial charge in [-0.25, -0.2) is 0 Å². The van der Waals surface area contributed by atoms with Crippen LogP contribution < -0.4 is 4.74 Å². The molecule has 17 heavy (non-hydrogen) atoms. The summed E-state index contributed by atoms with van der Waals surface area (Å²) >= 11 is 0. The molecule has 1 rings (SSSR count). The molecule has 0 radical (unpaired) electrons. The Morgan fingerprint density at radius 3 is 2.59 bits per heavy atom. The van der Waals surface area contributed by atoms with Gasteiger partial charge < -0.3 is 4.74 Å². The molecule has 0 aromatic heterocycles. The first-order valence-corrected chi connectivity index (χ1v) is 5.32. The summed E-state index contributed by atoms with van der Waals surface area (Å²) in [5, 5.41) is 10.6. The molecule has 0 aliphatic carbocycles. The molecule has 1 aromatic rings. The zero-order valence-corrected chi connectivity index (χ0v) is 10.1. The number of benzene rings is 1. The van der Waals surface area contributed by atoms with Crippen molar-refractivity contribution in [1.29, 1.82) is 0 Å². The van der Waals surface area contributed by atoms with E-state index < -0.39 is 4.92 Å². The van der Waals surface area contributed by atoms with Gasteiger partial charge in [0, 0.05) is 12.1 Å². The zero-order chi connectivity index (χ0) is 13.0. The molecule has 0 saturated heterocycles. The first-order chi connectivity index (χ1) is 7.95. The Kier molecular flexibility index (Phi) is 4.20. The summed E-state index contributed by atoms with van der Waals surface area (Å²) in [5.41, 5.74) is 0.723. The fourth-order valence-electron chi connectivity index (χ4n) is 1.42. The van der Waals surface area contributed by atoms with E-state index in [1.54, 1.807) is 6.92 Å². The van der Waals surface area contributed by atoms with E-state index in [1.807, 2.05) is 13.8 Å². The summed E-state index contributed by atoms with van der Waals surface area (Å²) in [6, 6.07) is 2.64. The lowest BCUT2D eigenvalue weighted by atomic mass is 10.1. The number of hydrogen-bond acceptors (Lipinski definition) is 4. The molecular formula is C12H15NO4. The molecule has 0 saturated carbocycles. The zero-order valence-electron chi connectivity index (χ0n) is 10.1. The fraction of sp³-hybridized carbons (Fsp3) is 0.417. The van der Waals surface area contributed by atoms with Crippen molar-refractivity contribution in [2.24, 2.45) is 5.92 Å². The number of nitrogens with zero attached hydrogens (tertiary/aromatic N) is 1. The number of carbonyl (C=O) groups is 1. The SMILES string of the molecule is Cc1cc([N+](=O)[O-])cc(C=O)c1OCC(C)C. The maximum absolute atomic E-state index is 10.9. The first-order valence-electron chi connectivity index (χ1n) is 5.32. The van der Waals surface area contributed by atoms with Crippen molar-refractivity contribution in [1.82, 2.24) is 0 Å². The quantitative estimate of drug-likeness (QED) is 0.448. The minimum absolute atomic E-state index is 0.0958. The van der Waals surface area contributed by atoms with Gasteiger partial charge in [-0.05, 0) is 18.4 Å². The summed E-state index contributed by atoms with van der Waals surface area (Å²) < 4.78 is 5.50. The fourth-order valence-corrected chi connectivity index (χ4v) is 1.42. The second-order valence-electron chi connectivity index (χ2n) is 4.26. The van der Waals surface area contributed by atoms with Crippen molar-refractivity contribution < 1.29 is 14.5 Å². The lowest BCUT2D eigenvalue weighted by molar-refractivity contribution is -0.384. The van der Waals surface area contributed by atoms with Gasteiger partial charge in [0.25, 0.3) is 5.69 Å². The molecule has 5 nitrogen and oxygen atoms in total. The Morgan fingerprint density at radius 1 is 1.47 bits per heavy atom. The Hall–Kier alpha value is -1.91. The second-order valence-corrected chi connectivity index (χ2v) is 4.26. The number of carbonyl (C=O) groups excluding carboxylic acids is 1. The van der Waals surface area contributed by atoms with Crippen LogP contribution in [0.2, 0.25) is 0 Å². The highest BCUT2D eigenvalue weighted by Gasteiger charge is 2.15. The predicted octanol–water partition coefficient (Wildman–Crippen LogP) is 2.75. The number of ether oxygens (including phenoxy) is 1. The summed E-state index contributed by atoms with van der Waals surface area (Å²) in [6.07, 6.45) is 0.579. The van der Waals surface area contributed by atoms with Gasteiger partial charge in [-0.1, -0.05) is 13.8 Å². The van der Waals surface area contributed by atoms with Gasteiger partial charge in [-0.2, -0.15) is 0 Å². The Balaban J connectivity index is 3.12. The third-order valence-corrected chi connectivity index (χ3v) is 2.19. The number of rotatable bonds is 5. The molecule has 0 fully saturated rings. The minimum Gasteiger partial charge on any atom is -0.492 e. The third kappa shape index (κ3) is 3.27. The van der Waals surface area contributed by atoms with Gasteiger partial charge in [-0.15, -0.1) is 0 Å². The van der Waals surface area contributed by atoms with E-state index >= 15 is 0 Å². The lowest BCUT2D eigenvalue weighted by Crippen LogP contribution is -2.07. The van der Waals surface area contributed by atoms with Crippen LogP contribution in [0, 0.1) is 23.0 Å². The lowest BCUT2D eigenvalue weighted by Gasteiger charge is -2.12. The molecule has 92 valence electrons. The molecular weight excluding hydrogens is 222 g/mol. The predicted molar refractivity (Wildman–Crippen MR) is 63.6 cm³/mol. The monoisotopic (exact) mass is 237 g/mol. The van der Waals surface area contributed by atoms with Crippen LogP contribution in [0.4, 0.5) is 5.69 Å². The van der Waals surface area contributed by atoms with Crippen LogP contribution in [-0.4, -0.2) is 17.8 Å². The number of non-ortho nitro benzene ring substituents is 1. The highest BCUT2D eigenvalue weighted by molar-refractivity contribution is 5.81. The van der Waals surface area contributed by atoms with Crippen LogP contribution in [0.15, 0.2) is 12.1 Å². The molecule has 0 bridgehead atoms. The average Bonchev–Trinajstić information content (AvgIpc) is 2.25. The number of aldehydes is 1. The number of nitro groups is 1. The van der Waals surface area contributed by atoms with Crippen molar-refractivity contribution in [3.8, 4) is 5.75 Å². The van der Waals surface area contributed by atoms with E-state index in [0.29, 0.717) is 30.1 Å². The van der Waals surface area contributed by atoms with Gasteiger partial charge in [-0.3, -0.25) is 14.9 Å².